The van der Waals surface area contributed by atoms with Gasteiger partial charge in [0.2, 0.25) is 11.8 Å². The van der Waals surface area contributed by atoms with Crippen LogP contribution in [0.25, 0.3) is 0 Å². The van der Waals surface area contributed by atoms with E-state index in [4.69, 9.17) is 18.9 Å². The first-order chi connectivity index (χ1) is 27.5. The van der Waals surface area contributed by atoms with Gasteiger partial charge in [0.15, 0.2) is 18.8 Å². The Hall–Kier alpha value is -3.12. The van der Waals surface area contributed by atoms with Crippen LogP contribution in [0.2, 0.25) is 0 Å². The fourth-order valence-corrected chi connectivity index (χ4v) is 7.45. The molecule has 0 spiro atoms. The van der Waals surface area contributed by atoms with Crippen LogP contribution in [0.4, 0.5) is 0 Å². The Balaban J connectivity index is 1.46. The van der Waals surface area contributed by atoms with Gasteiger partial charge in [-0.1, -0.05) is 64.9 Å². The largest absolute Gasteiger partial charge is 0.394 e. The smallest absolute Gasteiger partial charge is 0.330 e. The number of unbranched alkanes of at least 4 members (excludes halogenated alkanes) is 7. The number of carbonyl (C=O) groups is 2. The number of allylic oxidation sites excluding steroid dienone is 1. The summed E-state index contributed by atoms with van der Waals surface area (Å²) in [6.07, 6.45) is -8.97. The van der Waals surface area contributed by atoms with Crippen molar-refractivity contribution in [1.29, 1.82) is 0 Å². The lowest BCUT2D eigenvalue weighted by Crippen LogP contribution is -2.68. The van der Waals surface area contributed by atoms with Crippen LogP contribution in [-0.4, -0.2) is 155 Å². The van der Waals surface area contributed by atoms with E-state index in [0.717, 1.165) is 49.4 Å². The summed E-state index contributed by atoms with van der Waals surface area (Å²) in [6.45, 7) is 4.78. The van der Waals surface area contributed by atoms with Crippen molar-refractivity contribution < 1.29 is 69.4 Å². The maximum atomic E-state index is 13.1. The maximum absolute atomic E-state index is 13.1. The van der Waals surface area contributed by atoms with Crippen LogP contribution in [0.3, 0.4) is 0 Å². The molecule has 11 N–H and O–H groups in total. The first-order valence-electron chi connectivity index (χ1n) is 20.1. The lowest BCUT2D eigenvalue weighted by molar-refractivity contribution is -0.346. The van der Waals surface area contributed by atoms with E-state index in [1.54, 1.807) is 6.08 Å². The molecule has 20 nitrogen and oxygen atoms in total. The zero-order chi connectivity index (χ0) is 42.7. The quantitative estimate of drug-likeness (QED) is 0.0479. The molecule has 1 aromatic heterocycles. The number of rotatable bonds is 20. The lowest BCUT2D eigenvalue weighted by atomic mass is 9.91. The normalized spacial score (nSPS) is 34.7. The number of nitrogens with zero attached hydrogens (tertiary/aromatic N) is 1. The van der Waals surface area contributed by atoms with Gasteiger partial charge >= 0.3 is 5.69 Å². The Labute approximate surface area is 335 Å². The molecule has 0 bridgehead atoms. The third-order valence-electron chi connectivity index (χ3n) is 10.7. The summed E-state index contributed by atoms with van der Waals surface area (Å²) in [6, 6.07) is -2.01. The average Bonchev–Trinajstić information content (AvgIpc) is 3.46. The maximum Gasteiger partial charge on any atom is 0.330 e. The molecule has 2 amide bonds. The highest BCUT2D eigenvalue weighted by molar-refractivity contribution is 5.87. The molecule has 0 saturated carbocycles. The Morgan fingerprint density at radius 3 is 2.02 bits per heavy atom. The van der Waals surface area contributed by atoms with Gasteiger partial charge in [0, 0.05) is 25.6 Å². The Kier molecular flexibility index (Phi) is 18.4. The van der Waals surface area contributed by atoms with E-state index in [1.165, 1.54) is 31.8 Å². The predicted molar refractivity (Wildman–Crippen MR) is 202 cm³/mol. The number of aliphatic hydroxyl groups is 8. The molecule has 4 rings (SSSR count). The minimum Gasteiger partial charge on any atom is -0.394 e. The summed E-state index contributed by atoms with van der Waals surface area (Å²) >= 11 is 0. The third-order valence-corrected chi connectivity index (χ3v) is 10.7. The predicted octanol–water partition coefficient (Wildman–Crippen LogP) is -2.48. The second-order valence-electron chi connectivity index (χ2n) is 15.8. The first kappa shape index (κ1) is 47.6. The minimum atomic E-state index is -1.85. The summed E-state index contributed by atoms with van der Waals surface area (Å²) in [7, 11) is 0. The zero-order valence-electron chi connectivity index (χ0n) is 33.1. The number of H-pyrrole nitrogens is 1. The van der Waals surface area contributed by atoms with Crippen molar-refractivity contribution in [2.45, 2.75) is 177 Å². The van der Waals surface area contributed by atoms with Gasteiger partial charge in [-0.3, -0.25) is 23.9 Å². The summed E-state index contributed by atoms with van der Waals surface area (Å²) in [5.74, 6) is -0.641. The second kappa shape index (κ2) is 22.5. The van der Waals surface area contributed by atoms with E-state index in [9.17, 15) is 60.0 Å². The van der Waals surface area contributed by atoms with Gasteiger partial charge in [-0.15, -0.1) is 0 Å². The molecular weight excluding hydrogens is 768 g/mol. The average molecular weight is 831 g/mol. The van der Waals surface area contributed by atoms with Gasteiger partial charge in [-0.25, -0.2) is 4.79 Å². The summed E-state index contributed by atoms with van der Waals surface area (Å²) < 4.78 is 24.1. The van der Waals surface area contributed by atoms with Crippen molar-refractivity contribution in [1.82, 2.24) is 20.2 Å². The van der Waals surface area contributed by atoms with Crippen molar-refractivity contribution in [2.75, 3.05) is 6.61 Å². The molecule has 330 valence electrons. The van der Waals surface area contributed by atoms with Crippen LogP contribution >= 0.6 is 0 Å². The highest BCUT2D eigenvalue weighted by Gasteiger charge is 2.53. The fraction of sp³-hybridized carbons (Fsp3) is 0.789. The van der Waals surface area contributed by atoms with Crippen molar-refractivity contribution >= 4 is 11.8 Å². The van der Waals surface area contributed by atoms with Crippen LogP contribution < -0.4 is 21.9 Å². The van der Waals surface area contributed by atoms with Crippen LogP contribution in [0.15, 0.2) is 34.0 Å². The highest BCUT2D eigenvalue weighted by Crippen LogP contribution is 2.34. The van der Waals surface area contributed by atoms with E-state index in [1.807, 2.05) is 4.98 Å². The molecule has 3 aliphatic rings. The topological polar surface area (TPSA) is 312 Å². The van der Waals surface area contributed by atoms with E-state index in [-0.39, 0.29) is 0 Å². The molecule has 3 aliphatic heterocycles. The Morgan fingerprint density at radius 2 is 1.41 bits per heavy atom. The SMILES string of the molecule is CC(=O)NC1C(OC2OC(CC(O)C3OC(n4ccc(=O)[nH]c4=O)C(O)C3O)C(O)C(O)C2NC(=O)C=CCCCCCCCCCC(C)C)OC(CO)C(O)C1O. The Morgan fingerprint density at radius 1 is 0.828 bits per heavy atom. The standard InChI is InChI=1S/C38H62N4O16/c1-19(2)13-11-9-7-5-4-6-8-10-12-14-24(46)40-27-31(51)28(48)22(55-37(27)58-36-26(39-20(3)44)30(50)29(49)23(18-43)56-36)17-21(45)34-32(52)33(53)35(57-34)42-16-15-25(47)41-38(42)54/h12,14-16,19,21-23,26-37,43,45,48-53H,4-11,13,17-18H2,1-3H3,(H,39,44)(H,40,46)(H,41,47,54). The second-order valence-corrected chi connectivity index (χ2v) is 15.8. The molecule has 58 heavy (non-hydrogen) atoms. The number of hydrogen-bond acceptors (Lipinski definition) is 16. The molecule has 3 fully saturated rings. The number of aromatic amines is 1. The molecule has 0 radical (unpaired) electrons. The van der Waals surface area contributed by atoms with E-state index >= 15 is 0 Å². The minimum absolute atomic E-state index is 0.598. The third kappa shape index (κ3) is 12.7. The molecule has 0 aromatic carbocycles. The summed E-state index contributed by atoms with van der Waals surface area (Å²) in [5.41, 5.74) is -1.68. The molecule has 1 aromatic rings. The van der Waals surface area contributed by atoms with Gasteiger partial charge in [-0.05, 0) is 24.8 Å². The molecule has 15 atom stereocenters. The first-order valence-corrected chi connectivity index (χ1v) is 20.1. The number of amides is 2. The number of aromatic nitrogens is 2. The molecule has 4 heterocycles. The van der Waals surface area contributed by atoms with E-state index in [0.29, 0.717) is 12.3 Å². The number of ether oxygens (including phenoxy) is 4. The van der Waals surface area contributed by atoms with Crippen molar-refractivity contribution in [3.8, 4) is 0 Å². The monoisotopic (exact) mass is 830 g/mol. The van der Waals surface area contributed by atoms with Crippen LogP contribution in [0.1, 0.15) is 91.2 Å². The zero-order valence-corrected chi connectivity index (χ0v) is 33.1. The summed E-state index contributed by atoms with van der Waals surface area (Å²) in [4.78, 5) is 51.1. The van der Waals surface area contributed by atoms with Crippen LogP contribution in [0, 0.1) is 5.92 Å². The van der Waals surface area contributed by atoms with Gasteiger partial charge in [0.05, 0.1) is 18.8 Å². The number of aliphatic hydroxyl groups excluding tert-OH is 8. The number of nitrogens with one attached hydrogen (secondary N) is 3. The van der Waals surface area contributed by atoms with Crippen molar-refractivity contribution in [3.05, 3.63) is 45.3 Å². The van der Waals surface area contributed by atoms with E-state index in [2.05, 4.69) is 24.5 Å². The Bertz CT molecular complexity index is 1590. The molecule has 0 aliphatic carbocycles. The van der Waals surface area contributed by atoms with Crippen molar-refractivity contribution in [3.63, 3.8) is 0 Å². The summed E-state index contributed by atoms with van der Waals surface area (Å²) in [5, 5.41) is 91.4. The highest BCUT2D eigenvalue weighted by atomic mass is 16.8. The lowest BCUT2D eigenvalue weighted by Gasteiger charge is -2.47. The van der Waals surface area contributed by atoms with Gasteiger partial charge < -0.3 is 70.4 Å². The van der Waals surface area contributed by atoms with Crippen LogP contribution in [-0.2, 0) is 28.5 Å². The van der Waals surface area contributed by atoms with Gasteiger partial charge in [0.25, 0.3) is 5.56 Å². The molecular formula is C38H62N4O16. The fourth-order valence-electron chi connectivity index (χ4n) is 7.45. The van der Waals surface area contributed by atoms with Gasteiger partial charge in [-0.2, -0.15) is 0 Å². The number of hydrogen-bond donors (Lipinski definition) is 11. The molecule has 3 saturated heterocycles. The molecule has 20 heteroatoms. The number of carbonyl (C=O) groups excluding carboxylic acids is 2. The van der Waals surface area contributed by atoms with Crippen molar-refractivity contribution in [2.24, 2.45) is 5.92 Å². The van der Waals surface area contributed by atoms with Crippen LogP contribution in [0.5, 0.6) is 0 Å². The van der Waals surface area contributed by atoms with Gasteiger partial charge in [0.1, 0.15) is 60.9 Å². The molecule has 15 unspecified atom stereocenters. The van der Waals surface area contributed by atoms with E-state index < -0.39 is 128 Å².